The van der Waals surface area contributed by atoms with Gasteiger partial charge in [-0.25, -0.2) is 18.3 Å². The summed E-state index contributed by atoms with van der Waals surface area (Å²) in [6, 6.07) is 74.5. The molecule has 4 heteroatoms. The van der Waals surface area contributed by atoms with Crippen LogP contribution in [0.2, 0.25) is 0 Å². The van der Waals surface area contributed by atoms with Crippen LogP contribution >= 0.6 is 0 Å². The molecule has 4 heterocycles. The van der Waals surface area contributed by atoms with E-state index in [9.17, 15) is 0 Å². The first-order valence-corrected chi connectivity index (χ1v) is 45.1. The zero-order valence-corrected chi connectivity index (χ0v) is 76.2. The van der Waals surface area contributed by atoms with E-state index in [1.165, 1.54) is 312 Å². The molecule has 0 saturated carbocycles. The molecule has 8 aliphatic carbocycles. The van der Waals surface area contributed by atoms with E-state index in [0.29, 0.717) is 0 Å². The Labute approximate surface area is 734 Å². The highest BCUT2D eigenvalue weighted by Crippen LogP contribution is 2.57. The lowest BCUT2D eigenvalue weighted by atomic mass is 9.91. The van der Waals surface area contributed by atoms with Gasteiger partial charge in [-0.3, -0.25) is 0 Å². The van der Waals surface area contributed by atoms with Gasteiger partial charge >= 0.3 is 0 Å². The molecular weight excluding hydrogens is 1500 g/mol. The lowest BCUT2D eigenvalue weighted by Gasteiger charge is -2.14. The van der Waals surface area contributed by atoms with Crippen molar-refractivity contribution in [3.63, 3.8) is 0 Å². The number of pyridine rings is 4. The Morgan fingerprint density at radius 2 is 0.444 bits per heavy atom. The predicted molar refractivity (Wildman–Crippen MR) is 514 cm³/mol. The van der Waals surface area contributed by atoms with Crippen LogP contribution in [0, 0.1) is 111 Å². The maximum Gasteiger partial charge on any atom is 0.216 e. The van der Waals surface area contributed by atoms with Crippen molar-refractivity contribution in [2.45, 2.75) is 162 Å². The smallest absolute Gasteiger partial charge is 0.201 e. The molecule has 608 valence electrons. The topological polar surface area (TPSA) is 15.5 Å². The van der Waals surface area contributed by atoms with Crippen molar-refractivity contribution in [2.75, 3.05) is 0 Å². The summed E-state index contributed by atoms with van der Waals surface area (Å²) in [7, 11) is 8.77. The Balaban J connectivity index is 0.000000101. The van der Waals surface area contributed by atoms with E-state index in [0.717, 1.165) is 51.4 Å². The Hall–Kier alpha value is -12.8. The van der Waals surface area contributed by atoms with E-state index in [1.807, 2.05) is 0 Å². The van der Waals surface area contributed by atoms with E-state index in [-0.39, 0.29) is 0 Å². The summed E-state index contributed by atoms with van der Waals surface area (Å²) in [5, 5.41) is 0. The average Bonchev–Trinajstić information content (AvgIpc) is 1.58. The van der Waals surface area contributed by atoms with Gasteiger partial charge in [-0.1, -0.05) is 179 Å². The normalized spacial score (nSPS) is 13.1. The molecule has 0 bridgehead atoms. The first kappa shape index (κ1) is 78.5. The van der Waals surface area contributed by atoms with Gasteiger partial charge in [0.15, 0.2) is 24.8 Å². The van der Waals surface area contributed by atoms with Crippen LogP contribution < -0.4 is 18.3 Å². The minimum atomic E-state index is 1.01. The largest absolute Gasteiger partial charge is 0.216 e. The number of hydrogen-bond acceptors (Lipinski definition) is 0. The van der Waals surface area contributed by atoms with E-state index in [4.69, 9.17) is 0 Å². The minimum Gasteiger partial charge on any atom is -0.201 e. The molecule has 24 rings (SSSR count). The molecule has 0 amide bonds. The Bertz CT molecular complexity index is 7320. The summed E-state index contributed by atoms with van der Waals surface area (Å²) >= 11 is 0. The molecule has 124 heavy (non-hydrogen) atoms. The molecule has 12 aromatic carbocycles. The van der Waals surface area contributed by atoms with Crippen LogP contribution in [0.15, 0.2) is 219 Å². The molecule has 4 aromatic heterocycles. The van der Waals surface area contributed by atoms with Crippen LogP contribution in [0.25, 0.3) is 134 Å². The molecule has 0 saturated heterocycles. The number of nitrogens with zero attached hydrogens (tertiary/aromatic N) is 4. The Morgan fingerprint density at radius 1 is 0.169 bits per heavy atom. The average molecular weight is 1610 g/mol. The number of rotatable bonds is 4. The number of aromatic nitrogens is 4. The second-order valence-electron chi connectivity index (χ2n) is 38.2. The molecule has 4 nitrogen and oxygen atoms in total. The van der Waals surface area contributed by atoms with Crippen LogP contribution in [0.3, 0.4) is 0 Å². The van der Waals surface area contributed by atoms with Crippen molar-refractivity contribution in [1.82, 2.24) is 0 Å². The molecule has 0 N–H and O–H groups in total. The molecule has 0 unspecified atom stereocenters. The van der Waals surface area contributed by atoms with Crippen LogP contribution in [-0.4, -0.2) is 0 Å². The highest BCUT2D eigenvalue weighted by molar-refractivity contribution is 6.02. The van der Waals surface area contributed by atoms with Gasteiger partial charge < -0.3 is 0 Å². The van der Waals surface area contributed by atoms with Crippen LogP contribution in [0.5, 0.6) is 0 Å². The Kier molecular flexibility index (Phi) is 18.7. The minimum absolute atomic E-state index is 1.01. The van der Waals surface area contributed by atoms with E-state index < -0.39 is 0 Å². The molecule has 0 fully saturated rings. The van der Waals surface area contributed by atoms with Gasteiger partial charge in [-0.2, -0.15) is 0 Å². The highest BCUT2D eigenvalue weighted by atomic mass is 14.9. The molecule has 16 aromatic rings. The molecule has 0 atom stereocenters. The summed E-state index contributed by atoms with van der Waals surface area (Å²) in [4.78, 5) is 0. The van der Waals surface area contributed by atoms with Crippen LogP contribution in [-0.2, 0) is 79.6 Å². The second kappa shape index (κ2) is 29.5. The molecule has 0 spiro atoms. The van der Waals surface area contributed by atoms with E-state index in [1.54, 1.807) is 0 Å². The first-order valence-electron chi connectivity index (χ1n) is 45.1. The fourth-order valence-corrected chi connectivity index (χ4v) is 23.5. The molecule has 0 radical (unpaired) electrons. The monoisotopic (exact) mass is 1610 g/mol. The zero-order valence-electron chi connectivity index (χ0n) is 76.2. The van der Waals surface area contributed by atoms with Gasteiger partial charge in [0.1, 0.15) is 28.2 Å². The first-order chi connectivity index (χ1) is 59.7. The summed E-state index contributed by atoms with van der Waals surface area (Å²) in [6.45, 7) is 35.7. The van der Waals surface area contributed by atoms with Gasteiger partial charge in [-0.15, -0.1) is 0 Å². The lowest BCUT2D eigenvalue weighted by Crippen LogP contribution is -2.32. The van der Waals surface area contributed by atoms with Crippen molar-refractivity contribution in [2.24, 2.45) is 28.2 Å². The van der Waals surface area contributed by atoms with Crippen molar-refractivity contribution in [1.29, 1.82) is 0 Å². The standard InChI is InChI=1S/4C30H28N/c1-17-6-9-24-23(13-17)15-21-7-8-22-16-27-25(29(22)28(21)24)10-11-31(5)30(27)26-14-18(2)12-19(3)20(26)4;1-17-6-7-21-15-22-8-9-23-16-27-24(28(23)29(22)26(21)13-17)10-11-31(5)30(27)25-14-18(2)12-19(3)20(25)4;1-17-13-19(3)20(4)26(14-17)30-27-16-22-10-9-21-15-25-18(2)7-6-8-23(25)28(21)29(22)24(27)11-12-31(30)5;1-17-13-19(3)20(4)25(14-17)30-26-16-23-10-9-22-15-21-8-6-7-18(2)27(21)29(22)28(23)24(26)11-12-31(30)5/h4*6-14H,15-16H2,1-5H3/q4*+1. The van der Waals surface area contributed by atoms with E-state index in [2.05, 4.69) is 376 Å². The summed E-state index contributed by atoms with van der Waals surface area (Å²) < 4.78 is 9.29. The second-order valence-corrected chi connectivity index (χ2v) is 38.2. The highest BCUT2D eigenvalue weighted by Gasteiger charge is 2.40. The quantitative estimate of drug-likeness (QED) is 0.156. The maximum absolute atomic E-state index is 2.39. The summed E-state index contributed by atoms with van der Waals surface area (Å²) in [6.07, 6.45) is 17.3. The molecule has 0 aliphatic heterocycles. The van der Waals surface area contributed by atoms with Gasteiger partial charge in [0.05, 0.1) is 0 Å². The third-order valence-corrected chi connectivity index (χ3v) is 29.9. The maximum atomic E-state index is 2.39. The SMILES string of the molecule is Cc1cc(C)c(C)c(-c2c3c(cc[n+]2C)-c2c(ccc4c2-c2c(C)cccc2C4)C3)c1.Cc1cc(C)c(C)c(-c2c3c(cc[n+]2C)-c2c(ccc4c2-c2cccc(C)c2C4)C3)c1.Cc1ccc2c(c1)-c1c(ccc3c1-c1cc[n+](C)c(-c4cc(C)cc(C)c4C)c1C3)C2.Cc1ccc2c(c1)Cc1ccc3c(c1-2)-c1cc[n+](C)c(-c2cc(C)cc(C)c2C)c1C3. The van der Waals surface area contributed by atoms with Crippen LogP contribution in [0.1, 0.15) is 178 Å². The van der Waals surface area contributed by atoms with Gasteiger partial charge in [-0.05, 0) is 372 Å². The van der Waals surface area contributed by atoms with Crippen molar-refractivity contribution < 1.29 is 18.3 Å². The van der Waals surface area contributed by atoms with Gasteiger partial charge in [0, 0.05) is 94.5 Å². The van der Waals surface area contributed by atoms with Crippen molar-refractivity contribution >= 4 is 0 Å². The van der Waals surface area contributed by atoms with Crippen LogP contribution in [0.4, 0.5) is 0 Å². The van der Waals surface area contributed by atoms with Crippen molar-refractivity contribution in [3.8, 4) is 134 Å². The fraction of sp³-hybridized carbons (Fsp3) is 0.233. The number of benzene rings is 12. The third-order valence-electron chi connectivity index (χ3n) is 29.9. The van der Waals surface area contributed by atoms with Crippen molar-refractivity contribution in [3.05, 3.63) is 397 Å². The predicted octanol–water partition coefficient (Wildman–Crippen LogP) is 26.2. The summed E-state index contributed by atoms with van der Waals surface area (Å²) in [5.74, 6) is 0. The number of aryl methyl sites for hydroxylation is 16. The molecular formula is C120H112N4+4. The number of fused-ring (bicyclic) bond motifs is 28. The van der Waals surface area contributed by atoms with E-state index >= 15 is 0 Å². The third kappa shape index (κ3) is 12.4. The summed E-state index contributed by atoms with van der Waals surface area (Å²) in [5.41, 5.74) is 79.7. The lowest BCUT2D eigenvalue weighted by molar-refractivity contribution is -0.660. The number of hydrogen-bond donors (Lipinski definition) is 0. The zero-order chi connectivity index (χ0) is 85.8. The fourth-order valence-electron chi connectivity index (χ4n) is 23.5. The van der Waals surface area contributed by atoms with Gasteiger partial charge in [0.2, 0.25) is 22.8 Å². The van der Waals surface area contributed by atoms with Gasteiger partial charge in [0.25, 0.3) is 0 Å². The molecule has 8 aliphatic rings. The Morgan fingerprint density at radius 3 is 0.847 bits per heavy atom.